The van der Waals surface area contributed by atoms with E-state index in [9.17, 15) is 22.7 Å². The number of aliphatic hydroxyl groups is 1. The summed E-state index contributed by atoms with van der Waals surface area (Å²) in [6, 6.07) is 1.38. The number of aliphatic hydroxyl groups excluding tert-OH is 1. The van der Waals surface area contributed by atoms with Gasteiger partial charge >= 0.3 is 12.2 Å². The van der Waals surface area contributed by atoms with Gasteiger partial charge in [0.2, 0.25) is 5.88 Å². The predicted octanol–water partition coefficient (Wildman–Crippen LogP) is 4.76. The molecule has 0 saturated carbocycles. The van der Waals surface area contributed by atoms with Crippen LogP contribution in [-0.4, -0.2) is 81.7 Å². The van der Waals surface area contributed by atoms with Crippen LogP contribution >= 0.6 is 11.6 Å². The lowest BCUT2D eigenvalue weighted by atomic mass is 9.95. The van der Waals surface area contributed by atoms with E-state index < -0.39 is 51.7 Å². The standard InChI is InChI=1S/C28H28ClF5N6O3/c29-18-7-14(35)6-17(20(18)28(32,33)34)22-21(31)23-19-24(40-10-16(41)3-2-15(40)11-42-25(19)36-22)38-26(37-23)43-12-27-4-1-5-39(27)9-13(30)8-27/h6-7,13,15-16,41H,1-5,8-12,35H2/t13-,15+,16?,27+/m1/s1. The Hall–Kier alpha value is -3.23. The quantitative estimate of drug-likeness (QED) is 0.313. The maximum atomic E-state index is 16.5. The molecule has 3 saturated heterocycles. The molecule has 230 valence electrons. The third-order valence-corrected chi connectivity index (χ3v) is 9.26. The number of alkyl halides is 4. The van der Waals surface area contributed by atoms with Gasteiger partial charge in [0.1, 0.15) is 41.8 Å². The van der Waals surface area contributed by atoms with E-state index in [4.69, 9.17) is 26.8 Å². The molecular formula is C28H28ClF5N6O3. The molecule has 43 heavy (non-hydrogen) atoms. The highest BCUT2D eigenvalue weighted by atomic mass is 35.5. The van der Waals surface area contributed by atoms with Gasteiger partial charge in [0, 0.05) is 30.8 Å². The Bertz CT molecular complexity index is 1610. The van der Waals surface area contributed by atoms with Crippen molar-refractivity contribution in [3.63, 3.8) is 0 Å². The molecule has 1 aromatic carbocycles. The van der Waals surface area contributed by atoms with Crippen LogP contribution in [0.3, 0.4) is 0 Å². The summed E-state index contributed by atoms with van der Waals surface area (Å²) < 4.78 is 85.4. The molecule has 4 aliphatic rings. The maximum Gasteiger partial charge on any atom is 0.418 e. The second-order valence-electron chi connectivity index (χ2n) is 11.8. The van der Waals surface area contributed by atoms with Crippen LogP contribution in [0.4, 0.5) is 33.5 Å². The van der Waals surface area contributed by atoms with Crippen LogP contribution in [0, 0.1) is 5.82 Å². The molecule has 2 aromatic heterocycles. The van der Waals surface area contributed by atoms with Crippen LogP contribution in [-0.2, 0) is 6.18 Å². The summed E-state index contributed by atoms with van der Waals surface area (Å²) in [7, 11) is 0. The number of nitrogens with zero attached hydrogens (tertiary/aromatic N) is 5. The Kier molecular flexibility index (Phi) is 6.74. The number of piperidine rings is 1. The number of benzene rings is 1. The van der Waals surface area contributed by atoms with Crippen molar-refractivity contribution in [2.75, 3.05) is 43.5 Å². The fraction of sp³-hybridized carbons (Fsp3) is 0.536. The van der Waals surface area contributed by atoms with Gasteiger partial charge in [-0.25, -0.2) is 13.8 Å². The molecule has 0 aliphatic carbocycles. The maximum absolute atomic E-state index is 16.5. The first kappa shape index (κ1) is 28.5. The summed E-state index contributed by atoms with van der Waals surface area (Å²) in [6.07, 6.45) is -3.77. The van der Waals surface area contributed by atoms with Gasteiger partial charge in [0.25, 0.3) is 0 Å². The van der Waals surface area contributed by atoms with Crippen molar-refractivity contribution >= 4 is 34.0 Å². The minimum Gasteiger partial charge on any atom is -0.475 e. The summed E-state index contributed by atoms with van der Waals surface area (Å²) in [5.74, 6) is -1.16. The number of pyridine rings is 1. The van der Waals surface area contributed by atoms with Crippen LogP contribution in [0.25, 0.3) is 22.2 Å². The topological polar surface area (TPSA) is 110 Å². The number of nitrogens with two attached hydrogens (primary N) is 1. The molecule has 1 unspecified atom stereocenters. The average molecular weight is 627 g/mol. The molecule has 3 aromatic rings. The van der Waals surface area contributed by atoms with Gasteiger partial charge in [-0.05, 0) is 44.4 Å². The molecule has 0 bridgehead atoms. The minimum atomic E-state index is -4.96. The van der Waals surface area contributed by atoms with Gasteiger partial charge < -0.3 is 25.2 Å². The monoisotopic (exact) mass is 626 g/mol. The Morgan fingerprint density at radius 3 is 2.79 bits per heavy atom. The molecule has 3 fully saturated rings. The molecule has 3 N–H and O–H groups in total. The molecule has 6 heterocycles. The number of rotatable bonds is 4. The number of aromatic nitrogens is 3. The lowest BCUT2D eigenvalue weighted by Crippen LogP contribution is -2.48. The second kappa shape index (κ2) is 10.2. The second-order valence-corrected chi connectivity index (χ2v) is 12.2. The molecule has 4 aliphatic heterocycles. The Balaban J connectivity index is 1.41. The van der Waals surface area contributed by atoms with E-state index in [2.05, 4.69) is 15.0 Å². The number of hydrogen-bond acceptors (Lipinski definition) is 9. The third-order valence-electron chi connectivity index (χ3n) is 8.96. The minimum absolute atomic E-state index is 0.0408. The van der Waals surface area contributed by atoms with Crippen molar-refractivity contribution in [1.82, 2.24) is 19.9 Å². The van der Waals surface area contributed by atoms with Gasteiger partial charge in [0.05, 0.1) is 28.3 Å². The van der Waals surface area contributed by atoms with Gasteiger partial charge in [-0.15, -0.1) is 0 Å². The lowest BCUT2D eigenvalue weighted by molar-refractivity contribution is -0.137. The number of anilines is 2. The third kappa shape index (κ3) is 4.78. The molecule has 0 spiro atoms. The van der Waals surface area contributed by atoms with Gasteiger partial charge in [-0.3, -0.25) is 4.90 Å². The van der Waals surface area contributed by atoms with E-state index >= 15 is 4.39 Å². The molecule has 4 atom stereocenters. The van der Waals surface area contributed by atoms with Crippen LogP contribution in [0.1, 0.15) is 37.7 Å². The van der Waals surface area contributed by atoms with Gasteiger partial charge in [0.15, 0.2) is 5.82 Å². The highest BCUT2D eigenvalue weighted by Gasteiger charge is 2.49. The highest BCUT2D eigenvalue weighted by molar-refractivity contribution is 6.32. The zero-order valence-electron chi connectivity index (χ0n) is 22.8. The molecule has 0 amide bonds. The van der Waals surface area contributed by atoms with Crippen molar-refractivity contribution < 1.29 is 36.5 Å². The lowest BCUT2D eigenvalue weighted by Gasteiger charge is -2.37. The van der Waals surface area contributed by atoms with Gasteiger partial charge in [-0.1, -0.05) is 11.6 Å². The first-order chi connectivity index (χ1) is 20.4. The van der Waals surface area contributed by atoms with E-state index in [1.807, 2.05) is 4.90 Å². The van der Waals surface area contributed by atoms with E-state index in [0.717, 1.165) is 25.1 Å². The van der Waals surface area contributed by atoms with Crippen LogP contribution in [0.15, 0.2) is 12.1 Å². The van der Waals surface area contributed by atoms with Crippen molar-refractivity contribution in [3.8, 4) is 23.1 Å². The molecule has 0 radical (unpaired) electrons. The Morgan fingerprint density at radius 1 is 1.19 bits per heavy atom. The predicted molar refractivity (Wildman–Crippen MR) is 148 cm³/mol. The number of hydrogen-bond donors (Lipinski definition) is 2. The summed E-state index contributed by atoms with van der Waals surface area (Å²) in [5.41, 5.74) is 2.12. The summed E-state index contributed by atoms with van der Waals surface area (Å²) >= 11 is 5.97. The van der Waals surface area contributed by atoms with E-state index in [-0.39, 0.29) is 66.5 Å². The number of ether oxygens (including phenoxy) is 2. The number of halogens is 6. The first-order valence-corrected chi connectivity index (χ1v) is 14.5. The first-order valence-electron chi connectivity index (χ1n) is 14.1. The zero-order chi connectivity index (χ0) is 30.3. The summed E-state index contributed by atoms with van der Waals surface area (Å²) in [5, 5.41) is 9.80. The van der Waals surface area contributed by atoms with Crippen molar-refractivity contribution in [1.29, 1.82) is 0 Å². The Morgan fingerprint density at radius 2 is 2.00 bits per heavy atom. The largest absolute Gasteiger partial charge is 0.475 e. The van der Waals surface area contributed by atoms with E-state index in [0.29, 0.717) is 25.8 Å². The SMILES string of the molecule is Nc1cc(Cl)c(C(F)(F)F)c(-c2nc3c4c(nc(OC[C@@]56CCCN5C[C@H](F)C6)nc4c2F)N2CC(O)CC[C@H]2CO3)c1. The number of nitrogen functional groups attached to an aromatic ring is 1. The normalized spacial score (nSPS) is 27.1. The van der Waals surface area contributed by atoms with E-state index in [1.165, 1.54) is 0 Å². The summed E-state index contributed by atoms with van der Waals surface area (Å²) in [6.45, 7) is 1.31. The molecule has 7 rings (SSSR count). The van der Waals surface area contributed by atoms with Crippen molar-refractivity contribution in [3.05, 3.63) is 28.5 Å². The van der Waals surface area contributed by atoms with Crippen LogP contribution < -0.4 is 20.1 Å². The number of fused-ring (bicyclic) bond motifs is 3. The van der Waals surface area contributed by atoms with Crippen molar-refractivity contribution in [2.45, 2.75) is 62.1 Å². The van der Waals surface area contributed by atoms with E-state index in [1.54, 1.807) is 4.90 Å². The van der Waals surface area contributed by atoms with Crippen LogP contribution in [0.2, 0.25) is 5.02 Å². The highest BCUT2D eigenvalue weighted by Crippen LogP contribution is 2.47. The van der Waals surface area contributed by atoms with Crippen molar-refractivity contribution in [2.24, 2.45) is 0 Å². The zero-order valence-corrected chi connectivity index (χ0v) is 23.6. The smallest absolute Gasteiger partial charge is 0.418 e. The average Bonchev–Trinajstić information content (AvgIpc) is 3.41. The van der Waals surface area contributed by atoms with Gasteiger partial charge in [-0.2, -0.15) is 23.1 Å². The fourth-order valence-corrected chi connectivity index (χ4v) is 7.36. The summed E-state index contributed by atoms with van der Waals surface area (Å²) in [4.78, 5) is 16.9. The molecule has 15 heteroatoms. The Labute approximate surface area is 247 Å². The fourth-order valence-electron chi connectivity index (χ4n) is 7.02. The molecule has 9 nitrogen and oxygen atoms in total. The van der Waals surface area contributed by atoms with Crippen LogP contribution in [0.5, 0.6) is 11.9 Å². The molecular weight excluding hydrogens is 599 g/mol.